The third kappa shape index (κ3) is 8.23. The number of ether oxygens (including phenoxy) is 1. The van der Waals surface area contributed by atoms with E-state index in [-0.39, 0.29) is 41.7 Å². The van der Waals surface area contributed by atoms with E-state index in [1.165, 1.54) is 0 Å². The van der Waals surface area contributed by atoms with Gasteiger partial charge >= 0.3 is 5.97 Å². The van der Waals surface area contributed by atoms with Gasteiger partial charge in [0.2, 0.25) is 11.8 Å². The number of hydrogen-bond donors (Lipinski definition) is 2. The second-order valence-electron chi connectivity index (χ2n) is 9.59. The predicted molar refractivity (Wildman–Crippen MR) is 128 cm³/mol. The van der Waals surface area contributed by atoms with Crippen LogP contribution in [0.2, 0.25) is 0 Å². The summed E-state index contributed by atoms with van der Waals surface area (Å²) >= 11 is 0. The third-order valence-corrected chi connectivity index (χ3v) is 6.30. The van der Waals surface area contributed by atoms with Crippen LogP contribution in [-0.2, 0) is 19.1 Å². The van der Waals surface area contributed by atoms with Gasteiger partial charge in [-0.1, -0.05) is 47.1 Å². The van der Waals surface area contributed by atoms with Crippen molar-refractivity contribution in [3.05, 3.63) is 11.6 Å². The lowest BCUT2D eigenvalue weighted by Gasteiger charge is -2.39. The van der Waals surface area contributed by atoms with Crippen molar-refractivity contribution in [2.75, 3.05) is 13.2 Å². The van der Waals surface area contributed by atoms with Crippen LogP contribution in [0.15, 0.2) is 11.6 Å². The molecule has 0 aromatic rings. The number of hydrogen-bond acceptors (Lipinski definition) is 5. The molecule has 2 amide bonds. The van der Waals surface area contributed by atoms with E-state index in [4.69, 9.17) is 4.74 Å². The van der Waals surface area contributed by atoms with Crippen LogP contribution in [0.4, 0.5) is 0 Å². The highest BCUT2D eigenvalue weighted by Gasteiger charge is 2.34. The number of rotatable bonds is 11. The molecule has 0 aromatic carbocycles. The molecular formula is C25H45N3O4. The molecule has 1 saturated heterocycles. The largest absolute Gasteiger partial charge is 0.463 e. The second-order valence-corrected chi connectivity index (χ2v) is 9.59. The quantitative estimate of drug-likeness (QED) is 0.371. The first-order valence-electron chi connectivity index (χ1n) is 12.2. The van der Waals surface area contributed by atoms with Crippen molar-refractivity contribution in [1.82, 2.24) is 15.5 Å². The fourth-order valence-corrected chi connectivity index (χ4v) is 4.02. The first-order valence-corrected chi connectivity index (χ1v) is 12.2. The van der Waals surface area contributed by atoms with E-state index in [0.717, 1.165) is 32.2 Å². The second kappa shape index (κ2) is 13.6. The van der Waals surface area contributed by atoms with Gasteiger partial charge in [0, 0.05) is 11.6 Å². The van der Waals surface area contributed by atoms with Crippen LogP contribution in [0.25, 0.3) is 0 Å². The van der Waals surface area contributed by atoms with Crippen LogP contribution in [0, 0.1) is 11.8 Å². The highest BCUT2D eigenvalue weighted by molar-refractivity contribution is 5.91. The maximum Gasteiger partial charge on any atom is 0.333 e. The molecule has 0 bridgehead atoms. The molecule has 1 fully saturated rings. The molecule has 1 aliphatic rings. The number of carbonyl (C=O) groups is 3. The Morgan fingerprint density at radius 3 is 2.22 bits per heavy atom. The molecule has 0 spiro atoms. The lowest BCUT2D eigenvalue weighted by atomic mass is 9.96. The Morgan fingerprint density at radius 2 is 1.69 bits per heavy atom. The maximum absolute atomic E-state index is 13.2. The van der Waals surface area contributed by atoms with Gasteiger partial charge in [-0.05, 0) is 58.4 Å². The van der Waals surface area contributed by atoms with Crippen molar-refractivity contribution in [2.45, 2.75) is 105 Å². The van der Waals surface area contributed by atoms with E-state index in [2.05, 4.69) is 29.4 Å². The topological polar surface area (TPSA) is 87.7 Å². The molecule has 1 aliphatic heterocycles. The molecule has 32 heavy (non-hydrogen) atoms. The maximum atomic E-state index is 13.2. The van der Waals surface area contributed by atoms with Crippen LogP contribution < -0.4 is 10.6 Å². The molecule has 0 aromatic heterocycles. The number of nitrogens with zero attached hydrogens (tertiary/aromatic N) is 1. The van der Waals surface area contributed by atoms with Crippen LogP contribution >= 0.6 is 0 Å². The molecule has 7 nitrogen and oxygen atoms in total. The smallest absolute Gasteiger partial charge is 0.333 e. The van der Waals surface area contributed by atoms with E-state index >= 15 is 0 Å². The summed E-state index contributed by atoms with van der Waals surface area (Å²) in [6.45, 7) is 16.8. The van der Waals surface area contributed by atoms with Crippen molar-refractivity contribution in [2.24, 2.45) is 11.8 Å². The summed E-state index contributed by atoms with van der Waals surface area (Å²) < 4.78 is 5.05. The molecule has 0 radical (unpaired) electrons. The average Bonchev–Trinajstić information content (AvgIpc) is 2.75. The van der Waals surface area contributed by atoms with Crippen molar-refractivity contribution >= 4 is 17.8 Å². The molecule has 4 atom stereocenters. The number of piperidine rings is 1. The van der Waals surface area contributed by atoms with Crippen LogP contribution in [0.3, 0.4) is 0 Å². The first-order chi connectivity index (χ1) is 15.0. The molecule has 2 N–H and O–H groups in total. The van der Waals surface area contributed by atoms with Gasteiger partial charge in [0.1, 0.15) is 6.04 Å². The van der Waals surface area contributed by atoms with E-state index in [9.17, 15) is 14.4 Å². The van der Waals surface area contributed by atoms with Gasteiger partial charge in [0.25, 0.3) is 0 Å². The van der Waals surface area contributed by atoms with Gasteiger partial charge in [-0.15, -0.1) is 0 Å². The normalized spacial score (nSPS) is 20.6. The van der Waals surface area contributed by atoms with Crippen molar-refractivity contribution in [3.63, 3.8) is 0 Å². The molecule has 0 saturated carbocycles. The Bertz CT molecular complexity index is 660. The minimum atomic E-state index is -0.638. The Balaban J connectivity index is 2.95. The zero-order chi connectivity index (χ0) is 24.4. The predicted octanol–water partition coefficient (Wildman–Crippen LogP) is 3.43. The third-order valence-electron chi connectivity index (χ3n) is 6.30. The average molecular weight is 452 g/mol. The fraction of sp³-hybridized carbons (Fsp3) is 0.800. The van der Waals surface area contributed by atoms with Crippen LogP contribution in [0.5, 0.6) is 0 Å². The summed E-state index contributed by atoms with van der Waals surface area (Å²) in [6.07, 6.45) is 5.67. The fourth-order valence-electron chi connectivity index (χ4n) is 4.02. The van der Waals surface area contributed by atoms with Gasteiger partial charge in [-0.25, -0.2) is 4.79 Å². The number of nitrogens with one attached hydrogen (secondary N) is 2. The summed E-state index contributed by atoms with van der Waals surface area (Å²) in [4.78, 5) is 40.7. The van der Waals surface area contributed by atoms with Crippen LogP contribution in [0.1, 0.15) is 81.1 Å². The highest BCUT2D eigenvalue weighted by Crippen LogP contribution is 2.21. The molecule has 1 heterocycles. The lowest BCUT2D eigenvalue weighted by Crippen LogP contribution is -2.58. The zero-order valence-electron chi connectivity index (χ0n) is 21.4. The van der Waals surface area contributed by atoms with Gasteiger partial charge in [-0.3, -0.25) is 14.5 Å². The standard InChI is InChI=1S/C25H45N3O4/c1-9-19(8)28-14-12-11-13-21(28)23(29)27-22(17(5)6)24(30)26-20(16(3)4)15-18(7)25(31)32-10-2/h15-17,19-22H,9-14H2,1-8H3,(H,26,30)(H,27,29)/b18-15+/t19?,20-,21-,22?/m1/s1. The van der Waals surface area contributed by atoms with Gasteiger partial charge in [-0.2, -0.15) is 0 Å². The highest BCUT2D eigenvalue weighted by atomic mass is 16.5. The van der Waals surface area contributed by atoms with E-state index in [1.54, 1.807) is 19.9 Å². The van der Waals surface area contributed by atoms with Crippen molar-refractivity contribution in [1.29, 1.82) is 0 Å². The summed E-state index contributed by atoms with van der Waals surface area (Å²) in [7, 11) is 0. The molecule has 184 valence electrons. The summed E-state index contributed by atoms with van der Waals surface area (Å²) in [6, 6.07) is -0.838. The molecular weight excluding hydrogens is 406 g/mol. The van der Waals surface area contributed by atoms with E-state index in [0.29, 0.717) is 18.2 Å². The summed E-state index contributed by atoms with van der Waals surface area (Å²) in [5.41, 5.74) is 0.461. The Kier molecular flexibility index (Phi) is 12.0. The minimum Gasteiger partial charge on any atom is -0.463 e. The van der Waals surface area contributed by atoms with Gasteiger partial charge in [0.15, 0.2) is 0 Å². The number of amides is 2. The monoisotopic (exact) mass is 451 g/mol. The van der Waals surface area contributed by atoms with E-state index < -0.39 is 6.04 Å². The zero-order valence-corrected chi connectivity index (χ0v) is 21.4. The van der Waals surface area contributed by atoms with Gasteiger partial charge < -0.3 is 15.4 Å². The molecule has 2 unspecified atom stereocenters. The molecule has 1 rings (SSSR count). The molecule has 7 heteroatoms. The Hall–Kier alpha value is -1.89. The lowest BCUT2D eigenvalue weighted by molar-refractivity contribution is -0.138. The first kappa shape index (κ1) is 28.1. The van der Waals surface area contributed by atoms with Crippen molar-refractivity contribution in [3.8, 4) is 0 Å². The van der Waals surface area contributed by atoms with E-state index in [1.807, 2.05) is 27.7 Å². The van der Waals surface area contributed by atoms with Crippen LogP contribution in [-0.4, -0.2) is 60.0 Å². The Morgan fingerprint density at radius 1 is 1.03 bits per heavy atom. The van der Waals surface area contributed by atoms with Crippen molar-refractivity contribution < 1.29 is 19.1 Å². The Labute approximate surface area is 194 Å². The summed E-state index contributed by atoms with van der Waals surface area (Å²) in [5, 5.41) is 6.06. The van der Waals surface area contributed by atoms with Gasteiger partial charge in [0.05, 0.1) is 18.7 Å². The summed E-state index contributed by atoms with van der Waals surface area (Å²) in [5.74, 6) is -0.679. The minimum absolute atomic E-state index is 0.0671. The molecule has 0 aliphatic carbocycles. The SMILES string of the molecule is CCOC(=O)/C(C)=C/[C@@H](NC(=O)C(NC(=O)[C@H]1CCCCN1C(C)CC)C(C)C)C(C)C. The number of likely N-dealkylation sites (tertiary alicyclic amines) is 1. The number of carbonyl (C=O) groups excluding carboxylic acids is 3. The number of esters is 1.